The standard InChI is InChI=1S/C29H31N3O5.2ClH/c1-4-28(5-2)17-29(28,27(34)35)32-26(33)24-14-20(16-30-24)37-25-15-22(18-9-7-6-8-10-18)31-23-13-19(36-3)11-12-21(23)25;;/h4,6-13,15,20,24,30H,1,5,14,16-17H2,2-3H3,(H,32,33)(H,34,35);2*1H/t20-,24+,28+,29+;;/m1../s1. The van der Waals surface area contributed by atoms with Gasteiger partial charge in [0.15, 0.2) is 0 Å². The number of methoxy groups -OCH3 is 1. The molecule has 10 heteroatoms. The number of carbonyl (C=O) groups excluding carboxylic acids is 1. The number of amides is 1. The van der Waals surface area contributed by atoms with Crippen molar-refractivity contribution in [2.24, 2.45) is 5.41 Å². The molecule has 2 aromatic carbocycles. The third-order valence-corrected chi connectivity index (χ3v) is 7.78. The topological polar surface area (TPSA) is 110 Å². The average molecular weight is 575 g/mol. The predicted octanol–water partition coefficient (Wildman–Crippen LogP) is 4.79. The fourth-order valence-electron chi connectivity index (χ4n) is 5.38. The maximum Gasteiger partial charge on any atom is 0.330 e. The zero-order valence-electron chi connectivity index (χ0n) is 21.8. The summed E-state index contributed by atoms with van der Waals surface area (Å²) in [7, 11) is 1.62. The lowest BCUT2D eigenvalue weighted by atomic mass is 9.96. The Kier molecular flexibility index (Phi) is 9.16. The van der Waals surface area contributed by atoms with Crippen LogP contribution in [0.25, 0.3) is 22.2 Å². The number of fused-ring (bicyclic) bond motifs is 1. The van der Waals surface area contributed by atoms with Crippen LogP contribution < -0.4 is 20.1 Å². The largest absolute Gasteiger partial charge is 0.497 e. The molecule has 3 aromatic rings. The maximum absolute atomic E-state index is 13.1. The van der Waals surface area contributed by atoms with Gasteiger partial charge in [0.1, 0.15) is 23.1 Å². The van der Waals surface area contributed by atoms with Gasteiger partial charge in [-0.1, -0.05) is 43.3 Å². The lowest BCUT2D eigenvalue weighted by molar-refractivity contribution is -0.144. The Hall–Kier alpha value is -3.33. The number of rotatable bonds is 9. The predicted molar refractivity (Wildman–Crippen MR) is 155 cm³/mol. The van der Waals surface area contributed by atoms with Crippen LogP contribution in [0.15, 0.2) is 67.3 Å². The number of aromatic nitrogens is 1. The molecule has 4 atom stereocenters. The summed E-state index contributed by atoms with van der Waals surface area (Å²) in [5.41, 5.74) is 0.561. The molecular weight excluding hydrogens is 541 g/mol. The van der Waals surface area contributed by atoms with Gasteiger partial charge >= 0.3 is 5.97 Å². The third-order valence-electron chi connectivity index (χ3n) is 7.78. The summed E-state index contributed by atoms with van der Waals surface area (Å²) in [6, 6.07) is 16.9. The molecule has 8 nitrogen and oxygen atoms in total. The average Bonchev–Trinajstić information content (AvgIpc) is 3.34. The number of nitrogens with one attached hydrogen (secondary N) is 2. The van der Waals surface area contributed by atoms with Crippen molar-refractivity contribution in [1.29, 1.82) is 0 Å². The molecule has 1 saturated heterocycles. The van der Waals surface area contributed by atoms with E-state index in [9.17, 15) is 14.7 Å². The van der Waals surface area contributed by atoms with E-state index in [1.165, 1.54) is 0 Å². The van der Waals surface area contributed by atoms with Gasteiger partial charge in [-0.3, -0.25) is 4.79 Å². The number of carbonyl (C=O) groups is 2. The molecular formula is C29H33Cl2N3O5. The lowest BCUT2D eigenvalue weighted by Gasteiger charge is -2.22. The molecule has 2 heterocycles. The number of hydrogen-bond donors (Lipinski definition) is 3. The van der Waals surface area contributed by atoms with Crippen LogP contribution in [0.2, 0.25) is 0 Å². The summed E-state index contributed by atoms with van der Waals surface area (Å²) in [6.45, 7) is 6.18. The van der Waals surface area contributed by atoms with Gasteiger partial charge in [0.05, 0.1) is 24.4 Å². The lowest BCUT2D eigenvalue weighted by Crippen LogP contribution is -2.52. The fourth-order valence-corrected chi connectivity index (χ4v) is 5.38. The van der Waals surface area contributed by atoms with Crippen LogP contribution in [-0.4, -0.2) is 53.3 Å². The maximum atomic E-state index is 13.1. The first-order valence-corrected chi connectivity index (χ1v) is 12.5. The van der Waals surface area contributed by atoms with Crippen molar-refractivity contribution in [3.05, 3.63) is 67.3 Å². The molecule has 0 unspecified atom stereocenters. The molecule has 1 saturated carbocycles. The number of aliphatic carboxylic acids is 1. The number of carboxylic acid groups (broad SMARTS) is 1. The molecule has 1 aromatic heterocycles. The summed E-state index contributed by atoms with van der Waals surface area (Å²) >= 11 is 0. The van der Waals surface area contributed by atoms with Crippen molar-refractivity contribution in [2.75, 3.05) is 13.7 Å². The minimum atomic E-state index is -1.30. The minimum Gasteiger partial charge on any atom is -0.497 e. The van der Waals surface area contributed by atoms with E-state index < -0.39 is 23.0 Å². The van der Waals surface area contributed by atoms with Gasteiger partial charge in [-0.05, 0) is 25.0 Å². The summed E-state index contributed by atoms with van der Waals surface area (Å²) in [5.74, 6) is 0.00580. The highest BCUT2D eigenvalue weighted by molar-refractivity contribution is 5.94. The van der Waals surface area contributed by atoms with Crippen molar-refractivity contribution in [3.8, 4) is 22.8 Å². The van der Waals surface area contributed by atoms with E-state index in [2.05, 4.69) is 17.2 Å². The Bertz CT molecular complexity index is 1370. The number of benzene rings is 2. The van der Waals surface area contributed by atoms with Gasteiger partial charge in [0.25, 0.3) is 0 Å². The third kappa shape index (κ3) is 5.41. The summed E-state index contributed by atoms with van der Waals surface area (Å²) < 4.78 is 11.8. The van der Waals surface area contributed by atoms with Gasteiger partial charge < -0.3 is 25.2 Å². The fraction of sp³-hybridized carbons (Fsp3) is 0.345. The molecule has 3 N–H and O–H groups in total. The van der Waals surface area contributed by atoms with Crippen molar-refractivity contribution in [1.82, 2.24) is 15.6 Å². The first-order chi connectivity index (χ1) is 17.8. The number of nitrogens with zero attached hydrogens (tertiary/aromatic N) is 1. The molecule has 1 aliphatic heterocycles. The molecule has 1 amide bonds. The van der Waals surface area contributed by atoms with Gasteiger partial charge in [-0.15, -0.1) is 31.4 Å². The van der Waals surface area contributed by atoms with E-state index in [1.54, 1.807) is 13.2 Å². The van der Waals surface area contributed by atoms with Crippen LogP contribution in [0.1, 0.15) is 26.2 Å². The van der Waals surface area contributed by atoms with Crippen LogP contribution in [-0.2, 0) is 9.59 Å². The molecule has 1 aliphatic carbocycles. The van der Waals surface area contributed by atoms with E-state index >= 15 is 0 Å². The second kappa shape index (κ2) is 11.8. The number of halogens is 2. The molecule has 39 heavy (non-hydrogen) atoms. The van der Waals surface area contributed by atoms with Crippen LogP contribution in [0, 0.1) is 5.41 Å². The van der Waals surface area contributed by atoms with E-state index in [0.717, 1.165) is 22.2 Å². The number of hydrogen-bond acceptors (Lipinski definition) is 6. The van der Waals surface area contributed by atoms with Crippen LogP contribution in [0.5, 0.6) is 11.5 Å². The van der Waals surface area contributed by atoms with Gasteiger partial charge in [0, 0.05) is 41.5 Å². The van der Waals surface area contributed by atoms with E-state index in [1.807, 2.05) is 61.5 Å². The molecule has 2 fully saturated rings. The highest BCUT2D eigenvalue weighted by atomic mass is 35.5. The molecule has 0 bridgehead atoms. The van der Waals surface area contributed by atoms with E-state index in [-0.39, 0.29) is 36.8 Å². The highest BCUT2D eigenvalue weighted by Gasteiger charge is 2.71. The van der Waals surface area contributed by atoms with Crippen molar-refractivity contribution in [3.63, 3.8) is 0 Å². The zero-order valence-corrected chi connectivity index (χ0v) is 23.4. The monoisotopic (exact) mass is 573 g/mol. The summed E-state index contributed by atoms with van der Waals surface area (Å²) in [4.78, 5) is 30.0. The minimum absolute atomic E-state index is 0. The number of ether oxygens (including phenoxy) is 2. The Labute approximate surface area is 240 Å². The first-order valence-electron chi connectivity index (χ1n) is 12.5. The molecule has 0 spiro atoms. The summed E-state index contributed by atoms with van der Waals surface area (Å²) in [6.07, 6.45) is 2.74. The second-order valence-electron chi connectivity index (χ2n) is 9.78. The van der Waals surface area contributed by atoms with Gasteiger partial charge in [-0.25, -0.2) is 9.78 Å². The molecule has 0 radical (unpaired) electrons. The van der Waals surface area contributed by atoms with Gasteiger partial charge in [-0.2, -0.15) is 0 Å². The van der Waals surface area contributed by atoms with Crippen molar-refractivity contribution in [2.45, 2.75) is 43.9 Å². The summed E-state index contributed by atoms with van der Waals surface area (Å²) in [5, 5.41) is 16.7. The zero-order chi connectivity index (χ0) is 26.2. The quantitative estimate of drug-likeness (QED) is 0.316. The smallest absolute Gasteiger partial charge is 0.330 e. The van der Waals surface area contributed by atoms with Gasteiger partial charge in [0.2, 0.25) is 5.91 Å². The Morgan fingerprint density at radius 3 is 2.56 bits per heavy atom. The number of carboxylic acids is 1. The highest BCUT2D eigenvalue weighted by Crippen LogP contribution is 2.59. The van der Waals surface area contributed by atoms with Crippen LogP contribution in [0.3, 0.4) is 0 Å². The molecule has 5 rings (SSSR count). The van der Waals surface area contributed by atoms with Crippen LogP contribution >= 0.6 is 24.8 Å². The first kappa shape index (κ1) is 30.2. The number of pyridine rings is 1. The van der Waals surface area contributed by atoms with Crippen molar-refractivity contribution >= 4 is 47.6 Å². The van der Waals surface area contributed by atoms with E-state index in [0.29, 0.717) is 37.3 Å². The second-order valence-corrected chi connectivity index (χ2v) is 9.78. The Morgan fingerprint density at radius 1 is 1.21 bits per heavy atom. The normalized spacial score (nSPS) is 25.1. The SMILES string of the molecule is C=C[C@]1(CC)C[C@]1(NC(=O)[C@@H]1C[C@@H](Oc2cc(-c3ccccc3)nc3cc(OC)ccc23)CN1)C(=O)O.Cl.Cl. The molecule has 2 aliphatic rings. The molecule has 208 valence electrons. The Morgan fingerprint density at radius 2 is 1.95 bits per heavy atom. The van der Waals surface area contributed by atoms with Crippen LogP contribution in [0.4, 0.5) is 0 Å². The van der Waals surface area contributed by atoms with Crippen molar-refractivity contribution < 1.29 is 24.2 Å². The van der Waals surface area contributed by atoms with E-state index in [4.69, 9.17) is 14.5 Å². The Balaban J connectivity index is 0.00000210.